The summed E-state index contributed by atoms with van der Waals surface area (Å²) >= 11 is 0. The van der Waals surface area contributed by atoms with Crippen LogP contribution in [0.2, 0.25) is 0 Å². The minimum Gasteiger partial charge on any atom is -0.197 e. The Bertz CT molecular complexity index is 412. The van der Waals surface area contributed by atoms with Gasteiger partial charge >= 0.3 is 0 Å². The van der Waals surface area contributed by atoms with Gasteiger partial charge in [-0.1, -0.05) is 50.2 Å². The molecule has 0 aliphatic heterocycles. The lowest BCUT2D eigenvalue weighted by molar-refractivity contribution is 0.667. The third-order valence-corrected chi connectivity index (χ3v) is 2.67. The highest BCUT2D eigenvalue weighted by molar-refractivity contribution is 5.36. The summed E-state index contributed by atoms with van der Waals surface area (Å²) in [6, 6.07) is 10.4. The van der Waals surface area contributed by atoms with E-state index in [0.717, 1.165) is 12.0 Å². The number of nitriles is 1. The molecular weight excluding hydrogens is 206 g/mol. The highest BCUT2D eigenvalue weighted by Crippen LogP contribution is 2.09. The number of hydrogen-bond donors (Lipinski definition) is 0. The molecule has 1 rings (SSSR count). The van der Waals surface area contributed by atoms with E-state index in [1.54, 1.807) is 0 Å². The summed E-state index contributed by atoms with van der Waals surface area (Å²) in [5, 5.41) is 8.38. The molecule has 0 amide bonds. The maximum absolute atomic E-state index is 8.38. The van der Waals surface area contributed by atoms with Gasteiger partial charge in [0.15, 0.2) is 0 Å². The molecule has 0 N–H and O–H groups in total. The summed E-state index contributed by atoms with van der Waals surface area (Å²) in [5.41, 5.74) is 2.38. The number of unbranched alkanes of at least 4 members (excludes halogenated alkanes) is 3. The molecule has 1 heteroatoms. The van der Waals surface area contributed by atoms with Crippen LogP contribution in [0.15, 0.2) is 24.3 Å². The van der Waals surface area contributed by atoms with Crippen LogP contribution < -0.4 is 0 Å². The standard InChI is InChI=1S/C16H19N/c1-2-3-4-5-8-15-10-12-16(13-11-15)9-6-7-14-17/h10-13H,2-5,7-8H2,1H3. The molecule has 17 heavy (non-hydrogen) atoms. The van der Waals surface area contributed by atoms with Gasteiger partial charge in [-0.15, -0.1) is 0 Å². The second kappa shape index (κ2) is 8.43. The Balaban J connectivity index is 2.40. The summed E-state index contributed by atoms with van der Waals surface area (Å²) in [6.45, 7) is 2.23. The molecule has 1 nitrogen and oxygen atoms in total. The molecule has 0 aromatic heterocycles. The van der Waals surface area contributed by atoms with E-state index in [2.05, 4.69) is 30.9 Å². The van der Waals surface area contributed by atoms with Gasteiger partial charge in [-0.05, 0) is 30.5 Å². The van der Waals surface area contributed by atoms with E-state index >= 15 is 0 Å². The van der Waals surface area contributed by atoms with E-state index in [1.165, 1.54) is 31.2 Å². The van der Waals surface area contributed by atoms with Crippen molar-refractivity contribution in [2.24, 2.45) is 0 Å². The van der Waals surface area contributed by atoms with Gasteiger partial charge in [-0.2, -0.15) is 5.26 Å². The van der Waals surface area contributed by atoms with Gasteiger partial charge in [0.2, 0.25) is 0 Å². The van der Waals surface area contributed by atoms with E-state index in [1.807, 2.05) is 18.2 Å². The first-order valence-corrected chi connectivity index (χ1v) is 6.31. The zero-order valence-corrected chi connectivity index (χ0v) is 10.5. The molecular formula is C16H19N. The topological polar surface area (TPSA) is 23.8 Å². The van der Waals surface area contributed by atoms with E-state index in [-0.39, 0.29) is 0 Å². The highest BCUT2D eigenvalue weighted by Gasteiger charge is 1.93. The van der Waals surface area contributed by atoms with Crippen LogP contribution in [-0.4, -0.2) is 0 Å². The summed E-state index contributed by atoms with van der Waals surface area (Å²) in [7, 11) is 0. The summed E-state index contributed by atoms with van der Waals surface area (Å²) in [4.78, 5) is 0. The van der Waals surface area contributed by atoms with Crippen LogP contribution in [0.4, 0.5) is 0 Å². The molecule has 0 unspecified atom stereocenters. The maximum atomic E-state index is 8.38. The number of benzene rings is 1. The van der Waals surface area contributed by atoms with Crippen LogP contribution in [0, 0.1) is 23.2 Å². The average Bonchev–Trinajstić information content (AvgIpc) is 2.37. The minimum absolute atomic E-state index is 0.304. The quantitative estimate of drug-likeness (QED) is 0.547. The van der Waals surface area contributed by atoms with Crippen molar-refractivity contribution in [1.82, 2.24) is 0 Å². The molecule has 0 aliphatic carbocycles. The lowest BCUT2D eigenvalue weighted by Crippen LogP contribution is -1.86. The van der Waals surface area contributed by atoms with Gasteiger partial charge in [0.25, 0.3) is 0 Å². The van der Waals surface area contributed by atoms with Crippen LogP contribution in [-0.2, 0) is 6.42 Å². The molecule has 0 saturated heterocycles. The first kappa shape index (κ1) is 13.3. The predicted molar refractivity (Wildman–Crippen MR) is 71.4 cm³/mol. The first-order chi connectivity index (χ1) is 8.36. The van der Waals surface area contributed by atoms with Crippen LogP contribution >= 0.6 is 0 Å². The lowest BCUT2D eigenvalue weighted by Gasteiger charge is -2.01. The van der Waals surface area contributed by atoms with Crippen molar-refractivity contribution in [2.75, 3.05) is 0 Å². The highest BCUT2D eigenvalue weighted by atomic mass is 14.2. The summed E-state index contributed by atoms with van der Waals surface area (Å²) in [6.07, 6.45) is 6.67. The summed E-state index contributed by atoms with van der Waals surface area (Å²) < 4.78 is 0. The van der Waals surface area contributed by atoms with Crippen molar-refractivity contribution in [3.05, 3.63) is 35.4 Å². The smallest absolute Gasteiger partial charge is 0.0966 e. The molecule has 0 spiro atoms. The molecule has 0 atom stereocenters. The molecule has 0 fully saturated rings. The van der Waals surface area contributed by atoms with Crippen molar-refractivity contribution in [2.45, 2.75) is 45.4 Å². The SMILES string of the molecule is CCCCCCc1ccc(C#CCC#N)cc1. The van der Waals surface area contributed by atoms with Crippen molar-refractivity contribution >= 4 is 0 Å². The van der Waals surface area contributed by atoms with Crippen molar-refractivity contribution in [3.8, 4) is 17.9 Å². The Hall–Kier alpha value is -1.73. The molecule has 0 saturated carbocycles. The van der Waals surface area contributed by atoms with Crippen molar-refractivity contribution in [1.29, 1.82) is 5.26 Å². The van der Waals surface area contributed by atoms with Crippen LogP contribution in [0.5, 0.6) is 0 Å². The fourth-order valence-corrected chi connectivity index (χ4v) is 1.70. The van der Waals surface area contributed by atoms with Gasteiger partial charge < -0.3 is 0 Å². The molecule has 0 radical (unpaired) electrons. The van der Waals surface area contributed by atoms with Crippen molar-refractivity contribution < 1.29 is 0 Å². The van der Waals surface area contributed by atoms with Gasteiger partial charge in [0.1, 0.15) is 0 Å². The average molecular weight is 225 g/mol. The van der Waals surface area contributed by atoms with E-state index in [0.29, 0.717) is 6.42 Å². The Morgan fingerprint density at radius 1 is 1.06 bits per heavy atom. The molecule has 0 aliphatic rings. The largest absolute Gasteiger partial charge is 0.197 e. The Kier molecular flexibility index (Phi) is 6.61. The van der Waals surface area contributed by atoms with E-state index in [4.69, 9.17) is 5.26 Å². The molecule has 1 aromatic rings. The molecule has 0 heterocycles. The normalized spacial score (nSPS) is 9.18. The molecule has 88 valence electrons. The number of nitrogens with zero attached hydrogens (tertiary/aromatic N) is 1. The summed E-state index contributed by atoms with van der Waals surface area (Å²) in [5.74, 6) is 5.80. The third-order valence-electron chi connectivity index (χ3n) is 2.67. The van der Waals surface area contributed by atoms with Gasteiger partial charge in [-0.3, -0.25) is 0 Å². The fraction of sp³-hybridized carbons (Fsp3) is 0.438. The van der Waals surface area contributed by atoms with E-state index in [9.17, 15) is 0 Å². The zero-order chi connectivity index (χ0) is 12.3. The third kappa shape index (κ3) is 5.79. The second-order valence-electron chi connectivity index (χ2n) is 4.14. The Morgan fingerprint density at radius 2 is 1.82 bits per heavy atom. The van der Waals surface area contributed by atoms with Crippen LogP contribution in [0.3, 0.4) is 0 Å². The second-order valence-corrected chi connectivity index (χ2v) is 4.14. The van der Waals surface area contributed by atoms with Crippen LogP contribution in [0.25, 0.3) is 0 Å². The van der Waals surface area contributed by atoms with Gasteiger partial charge in [-0.25, -0.2) is 0 Å². The van der Waals surface area contributed by atoms with E-state index < -0.39 is 0 Å². The molecule has 0 bridgehead atoms. The maximum Gasteiger partial charge on any atom is 0.0966 e. The zero-order valence-electron chi connectivity index (χ0n) is 10.5. The number of hydrogen-bond acceptors (Lipinski definition) is 1. The van der Waals surface area contributed by atoms with Gasteiger partial charge in [0, 0.05) is 5.56 Å². The fourth-order valence-electron chi connectivity index (χ4n) is 1.70. The molecule has 1 aromatic carbocycles. The predicted octanol–water partition coefficient (Wildman–Crippen LogP) is 4.07. The van der Waals surface area contributed by atoms with Crippen LogP contribution in [0.1, 0.15) is 50.2 Å². The Morgan fingerprint density at radius 3 is 2.47 bits per heavy atom. The minimum atomic E-state index is 0.304. The number of rotatable bonds is 5. The van der Waals surface area contributed by atoms with Crippen molar-refractivity contribution in [3.63, 3.8) is 0 Å². The Labute approximate surface area is 104 Å². The van der Waals surface area contributed by atoms with Gasteiger partial charge in [0.05, 0.1) is 12.5 Å². The first-order valence-electron chi connectivity index (χ1n) is 6.31. The number of aryl methyl sites for hydroxylation is 1. The monoisotopic (exact) mass is 225 g/mol. The lowest BCUT2D eigenvalue weighted by atomic mass is 10.0.